The predicted octanol–water partition coefficient (Wildman–Crippen LogP) is 4.06. The van der Waals surface area contributed by atoms with Gasteiger partial charge in [-0.15, -0.1) is 10.2 Å². The van der Waals surface area contributed by atoms with Crippen LogP contribution in [0.15, 0.2) is 38.7 Å². The van der Waals surface area contributed by atoms with E-state index >= 15 is 0 Å². The Morgan fingerprint density at radius 1 is 1.17 bits per heavy atom. The van der Waals surface area contributed by atoms with Gasteiger partial charge in [-0.25, -0.2) is 0 Å². The molecule has 0 amide bonds. The van der Waals surface area contributed by atoms with Crippen molar-refractivity contribution in [1.82, 2.24) is 29.3 Å². The van der Waals surface area contributed by atoms with Crippen molar-refractivity contribution >= 4 is 28.4 Å². The van der Waals surface area contributed by atoms with Gasteiger partial charge in [-0.3, -0.25) is 13.8 Å². The molecule has 158 valence electrons. The van der Waals surface area contributed by atoms with Gasteiger partial charge in [-0.05, 0) is 24.5 Å². The van der Waals surface area contributed by atoms with E-state index in [0.29, 0.717) is 46.3 Å². The number of aryl methyl sites for hydroxylation is 1. The fraction of sp³-hybridized carbons (Fsp3) is 0.476. The Morgan fingerprint density at radius 3 is 2.63 bits per heavy atom. The number of nitrogens with zero attached hydrogens (tertiary/aromatic N) is 6. The van der Waals surface area contributed by atoms with Crippen molar-refractivity contribution in [3.05, 3.63) is 46.3 Å². The van der Waals surface area contributed by atoms with Crippen LogP contribution in [0, 0.1) is 5.92 Å². The highest BCUT2D eigenvalue weighted by Crippen LogP contribution is 2.26. The standard InChI is InChI=1S/C21H26N6O2S/c1-13(2)10-11-26-17(28)14-8-6-7-9-15(14)27-19(26)23-24-20(27)30-12-16-22-18(25-29-16)21(3,4)5/h6-9,13H,10-12H2,1-5H3. The highest BCUT2D eigenvalue weighted by atomic mass is 32.2. The summed E-state index contributed by atoms with van der Waals surface area (Å²) < 4.78 is 9.08. The van der Waals surface area contributed by atoms with Crippen LogP contribution >= 0.6 is 11.8 Å². The van der Waals surface area contributed by atoms with Crippen LogP contribution in [0.1, 0.15) is 52.8 Å². The SMILES string of the molecule is CC(C)CCn1c(=O)c2ccccc2n2c(SCc3nc(C(C)(C)C)no3)nnc12. The van der Waals surface area contributed by atoms with E-state index in [9.17, 15) is 4.79 Å². The van der Waals surface area contributed by atoms with Gasteiger partial charge in [0.15, 0.2) is 11.0 Å². The number of aromatic nitrogens is 6. The molecule has 0 bridgehead atoms. The molecule has 0 fully saturated rings. The zero-order valence-electron chi connectivity index (χ0n) is 17.9. The van der Waals surface area contributed by atoms with E-state index in [0.717, 1.165) is 11.9 Å². The van der Waals surface area contributed by atoms with Crippen LogP contribution in [0.3, 0.4) is 0 Å². The minimum atomic E-state index is -0.170. The van der Waals surface area contributed by atoms with Crippen molar-refractivity contribution in [3.63, 3.8) is 0 Å². The minimum absolute atomic E-state index is 0.0329. The average Bonchev–Trinajstić information content (AvgIpc) is 3.33. The molecule has 0 saturated heterocycles. The van der Waals surface area contributed by atoms with Gasteiger partial charge in [0, 0.05) is 12.0 Å². The second-order valence-electron chi connectivity index (χ2n) is 8.82. The first-order valence-electron chi connectivity index (χ1n) is 10.1. The molecule has 0 unspecified atom stereocenters. The molecular formula is C21H26N6O2S. The monoisotopic (exact) mass is 426 g/mol. The maximum Gasteiger partial charge on any atom is 0.262 e. The highest BCUT2D eigenvalue weighted by molar-refractivity contribution is 7.98. The van der Waals surface area contributed by atoms with Gasteiger partial charge in [0.2, 0.25) is 11.7 Å². The van der Waals surface area contributed by atoms with E-state index in [-0.39, 0.29) is 11.0 Å². The van der Waals surface area contributed by atoms with Crippen molar-refractivity contribution in [2.75, 3.05) is 0 Å². The zero-order valence-corrected chi connectivity index (χ0v) is 18.7. The Morgan fingerprint density at radius 2 is 1.93 bits per heavy atom. The van der Waals surface area contributed by atoms with Gasteiger partial charge in [0.25, 0.3) is 5.56 Å². The summed E-state index contributed by atoms with van der Waals surface area (Å²) in [7, 11) is 0. The lowest BCUT2D eigenvalue weighted by atomic mass is 9.96. The minimum Gasteiger partial charge on any atom is -0.338 e. The molecule has 0 N–H and O–H groups in total. The first-order valence-corrected chi connectivity index (χ1v) is 11.1. The molecule has 9 heteroatoms. The molecule has 0 radical (unpaired) electrons. The summed E-state index contributed by atoms with van der Waals surface area (Å²) in [5.41, 5.74) is 0.595. The van der Waals surface area contributed by atoms with E-state index in [2.05, 4.69) is 34.2 Å². The smallest absolute Gasteiger partial charge is 0.262 e. The Hall–Kier alpha value is -2.68. The molecule has 0 spiro atoms. The third kappa shape index (κ3) is 3.86. The summed E-state index contributed by atoms with van der Waals surface area (Å²) in [6.07, 6.45) is 0.890. The van der Waals surface area contributed by atoms with Crippen molar-refractivity contribution < 1.29 is 4.52 Å². The summed E-state index contributed by atoms with van der Waals surface area (Å²) in [4.78, 5) is 17.6. The van der Waals surface area contributed by atoms with Crippen LogP contribution in [0.2, 0.25) is 0 Å². The molecule has 30 heavy (non-hydrogen) atoms. The molecular weight excluding hydrogens is 400 g/mol. The lowest BCUT2D eigenvalue weighted by Crippen LogP contribution is -2.24. The van der Waals surface area contributed by atoms with E-state index in [1.54, 1.807) is 4.57 Å². The maximum absolute atomic E-state index is 13.1. The second kappa shape index (κ2) is 7.86. The van der Waals surface area contributed by atoms with Gasteiger partial charge < -0.3 is 4.52 Å². The fourth-order valence-electron chi connectivity index (χ4n) is 3.16. The average molecular weight is 427 g/mol. The maximum atomic E-state index is 13.1. The first-order chi connectivity index (χ1) is 14.3. The number of rotatable bonds is 6. The number of hydrogen-bond acceptors (Lipinski definition) is 7. The van der Waals surface area contributed by atoms with Gasteiger partial charge in [0.1, 0.15) is 0 Å². The van der Waals surface area contributed by atoms with Crippen LogP contribution in [0.4, 0.5) is 0 Å². The molecule has 4 aromatic rings. The zero-order chi connectivity index (χ0) is 21.5. The number of thioether (sulfide) groups is 1. The van der Waals surface area contributed by atoms with Crippen molar-refractivity contribution in [1.29, 1.82) is 0 Å². The van der Waals surface area contributed by atoms with Gasteiger partial charge in [0.05, 0.1) is 16.7 Å². The quantitative estimate of drug-likeness (QED) is 0.429. The number of benzene rings is 1. The third-order valence-electron chi connectivity index (χ3n) is 4.87. The molecule has 3 heterocycles. The Labute approximate surface area is 178 Å². The summed E-state index contributed by atoms with van der Waals surface area (Å²) in [5.74, 6) is 2.73. The Balaban J connectivity index is 1.74. The van der Waals surface area contributed by atoms with E-state index < -0.39 is 0 Å². The molecule has 3 aromatic heterocycles. The Bertz CT molecular complexity index is 1250. The topological polar surface area (TPSA) is 91.1 Å². The second-order valence-corrected chi connectivity index (χ2v) is 9.77. The molecule has 0 aliphatic carbocycles. The summed E-state index contributed by atoms with van der Waals surface area (Å²) in [6.45, 7) is 11.0. The lowest BCUT2D eigenvalue weighted by Gasteiger charge is -2.12. The van der Waals surface area contributed by atoms with Gasteiger partial charge in [-0.2, -0.15) is 4.98 Å². The van der Waals surface area contributed by atoms with Crippen LogP contribution in [-0.4, -0.2) is 29.3 Å². The molecule has 0 saturated carbocycles. The number of fused-ring (bicyclic) bond motifs is 3. The fourth-order valence-corrected chi connectivity index (χ4v) is 3.94. The highest BCUT2D eigenvalue weighted by Gasteiger charge is 2.22. The number of para-hydroxylation sites is 1. The molecule has 1 aromatic carbocycles. The van der Waals surface area contributed by atoms with Crippen molar-refractivity contribution in [2.24, 2.45) is 5.92 Å². The number of hydrogen-bond donors (Lipinski definition) is 0. The molecule has 8 nitrogen and oxygen atoms in total. The van der Waals surface area contributed by atoms with E-state index in [1.807, 2.05) is 49.4 Å². The van der Waals surface area contributed by atoms with Crippen LogP contribution in [0.5, 0.6) is 0 Å². The molecule has 0 atom stereocenters. The van der Waals surface area contributed by atoms with Crippen LogP contribution in [-0.2, 0) is 17.7 Å². The molecule has 0 aliphatic rings. The van der Waals surface area contributed by atoms with E-state index in [1.165, 1.54) is 11.8 Å². The summed E-state index contributed by atoms with van der Waals surface area (Å²) in [6, 6.07) is 7.58. The molecule has 4 rings (SSSR count). The summed E-state index contributed by atoms with van der Waals surface area (Å²) >= 11 is 1.47. The molecule has 0 aliphatic heterocycles. The summed E-state index contributed by atoms with van der Waals surface area (Å²) in [5, 5.41) is 14.1. The van der Waals surface area contributed by atoms with Gasteiger partial charge >= 0.3 is 0 Å². The third-order valence-corrected chi connectivity index (χ3v) is 5.79. The van der Waals surface area contributed by atoms with Crippen molar-refractivity contribution in [3.8, 4) is 0 Å². The van der Waals surface area contributed by atoms with E-state index in [4.69, 9.17) is 4.52 Å². The first kappa shape index (κ1) is 20.6. The Kier molecular flexibility index (Phi) is 5.40. The lowest BCUT2D eigenvalue weighted by molar-refractivity contribution is 0.372. The predicted molar refractivity (Wildman–Crippen MR) is 117 cm³/mol. The van der Waals surface area contributed by atoms with Crippen LogP contribution in [0.25, 0.3) is 16.7 Å². The van der Waals surface area contributed by atoms with Crippen molar-refractivity contribution in [2.45, 2.75) is 63.9 Å². The normalized spacial score (nSPS) is 12.5. The van der Waals surface area contributed by atoms with Gasteiger partial charge in [-0.1, -0.05) is 63.7 Å². The largest absolute Gasteiger partial charge is 0.338 e. The van der Waals surface area contributed by atoms with Crippen LogP contribution < -0.4 is 5.56 Å².